The standard InChI is InChI=1S/C15H20N2O/c1-15(2)12(7-9-16)8-10-17(15)13-5-4-6-14(11-13)18-3/h4-6,11-12H,7-8,10H2,1-3H3. The van der Waals surface area contributed by atoms with Crippen molar-refractivity contribution in [3.63, 3.8) is 0 Å². The van der Waals surface area contributed by atoms with E-state index in [2.05, 4.69) is 36.9 Å². The molecule has 2 rings (SSSR count). The second-order valence-corrected chi connectivity index (χ2v) is 5.35. The largest absolute Gasteiger partial charge is 0.497 e. The number of rotatable bonds is 3. The Bertz CT molecular complexity index is 462. The molecule has 0 amide bonds. The third kappa shape index (κ3) is 2.15. The number of anilines is 1. The number of nitriles is 1. The van der Waals surface area contributed by atoms with Gasteiger partial charge in [0.05, 0.1) is 13.2 Å². The number of hydrogen-bond donors (Lipinski definition) is 0. The van der Waals surface area contributed by atoms with Gasteiger partial charge in [-0.15, -0.1) is 0 Å². The van der Waals surface area contributed by atoms with E-state index < -0.39 is 0 Å². The summed E-state index contributed by atoms with van der Waals surface area (Å²) in [7, 11) is 1.69. The van der Waals surface area contributed by atoms with Crippen LogP contribution < -0.4 is 9.64 Å². The molecular formula is C15H20N2O. The summed E-state index contributed by atoms with van der Waals surface area (Å²) < 4.78 is 5.28. The minimum atomic E-state index is 0.0299. The Morgan fingerprint density at radius 1 is 1.50 bits per heavy atom. The van der Waals surface area contributed by atoms with Gasteiger partial charge in [0.15, 0.2) is 0 Å². The molecule has 3 heteroatoms. The zero-order valence-corrected chi connectivity index (χ0v) is 11.3. The molecule has 3 nitrogen and oxygen atoms in total. The minimum absolute atomic E-state index is 0.0299. The van der Waals surface area contributed by atoms with Crippen LogP contribution in [0.5, 0.6) is 5.75 Å². The highest BCUT2D eigenvalue weighted by Gasteiger charge is 2.40. The van der Waals surface area contributed by atoms with Crippen molar-refractivity contribution in [1.82, 2.24) is 0 Å². The van der Waals surface area contributed by atoms with Crippen LogP contribution in [0, 0.1) is 17.2 Å². The highest BCUT2D eigenvalue weighted by Crippen LogP contribution is 2.40. The van der Waals surface area contributed by atoms with Crippen molar-refractivity contribution in [3.8, 4) is 11.8 Å². The number of hydrogen-bond acceptors (Lipinski definition) is 3. The third-order valence-corrected chi connectivity index (χ3v) is 4.10. The topological polar surface area (TPSA) is 36.3 Å². The molecule has 0 aromatic heterocycles. The Balaban J connectivity index is 2.26. The van der Waals surface area contributed by atoms with Gasteiger partial charge in [-0.1, -0.05) is 6.07 Å². The Morgan fingerprint density at radius 2 is 2.28 bits per heavy atom. The predicted molar refractivity (Wildman–Crippen MR) is 72.8 cm³/mol. The summed E-state index contributed by atoms with van der Waals surface area (Å²) in [5.41, 5.74) is 1.21. The van der Waals surface area contributed by atoms with Gasteiger partial charge >= 0.3 is 0 Å². The molecule has 1 aliphatic heterocycles. The number of nitrogens with zero attached hydrogens (tertiary/aromatic N) is 2. The quantitative estimate of drug-likeness (QED) is 0.819. The second kappa shape index (κ2) is 4.89. The predicted octanol–water partition coefficient (Wildman–Crippen LogP) is 3.21. The molecule has 0 aliphatic carbocycles. The third-order valence-electron chi connectivity index (χ3n) is 4.10. The van der Waals surface area contributed by atoms with Crippen molar-refractivity contribution in [3.05, 3.63) is 24.3 Å². The van der Waals surface area contributed by atoms with Crippen molar-refractivity contribution in [1.29, 1.82) is 5.26 Å². The molecule has 1 heterocycles. The van der Waals surface area contributed by atoms with Gasteiger partial charge in [0, 0.05) is 30.3 Å². The monoisotopic (exact) mass is 244 g/mol. The van der Waals surface area contributed by atoms with Gasteiger partial charge in [0.25, 0.3) is 0 Å². The smallest absolute Gasteiger partial charge is 0.120 e. The van der Waals surface area contributed by atoms with Gasteiger partial charge in [-0.05, 0) is 38.3 Å². The first-order valence-electron chi connectivity index (χ1n) is 6.38. The minimum Gasteiger partial charge on any atom is -0.497 e. The molecule has 0 spiro atoms. The second-order valence-electron chi connectivity index (χ2n) is 5.35. The van der Waals surface area contributed by atoms with E-state index in [1.807, 2.05) is 12.1 Å². The van der Waals surface area contributed by atoms with E-state index in [1.165, 1.54) is 5.69 Å². The lowest BCUT2D eigenvalue weighted by molar-refractivity contribution is 0.371. The van der Waals surface area contributed by atoms with Gasteiger partial charge < -0.3 is 9.64 Å². The van der Waals surface area contributed by atoms with Crippen molar-refractivity contribution in [2.24, 2.45) is 5.92 Å². The number of methoxy groups -OCH3 is 1. The van der Waals surface area contributed by atoms with Gasteiger partial charge in [-0.3, -0.25) is 0 Å². The summed E-state index contributed by atoms with van der Waals surface area (Å²) in [5.74, 6) is 1.32. The summed E-state index contributed by atoms with van der Waals surface area (Å²) in [5, 5.41) is 8.91. The average molecular weight is 244 g/mol. The van der Waals surface area contributed by atoms with E-state index in [4.69, 9.17) is 10.00 Å². The molecule has 1 fully saturated rings. The first-order valence-corrected chi connectivity index (χ1v) is 6.38. The van der Waals surface area contributed by atoms with Crippen LogP contribution in [0.3, 0.4) is 0 Å². The van der Waals surface area contributed by atoms with Crippen LogP contribution in [0.1, 0.15) is 26.7 Å². The summed E-state index contributed by atoms with van der Waals surface area (Å²) in [6, 6.07) is 10.5. The lowest BCUT2D eigenvalue weighted by Gasteiger charge is -2.37. The van der Waals surface area contributed by atoms with Crippen LogP contribution in [0.2, 0.25) is 0 Å². The van der Waals surface area contributed by atoms with E-state index >= 15 is 0 Å². The average Bonchev–Trinajstić information content (AvgIpc) is 2.66. The van der Waals surface area contributed by atoms with E-state index in [9.17, 15) is 0 Å². The molecule has 1 unspecified atom stereocenters. The SMILES string of the molecule is COc1cccc(N2CCC(CC#N)C2(C)C)c1. The first-order chi connectivity index (χ1) is 8.59. The van der Waals surface area contributed by atoms with Crippen LogP contribution in [0.25, 0.3) is 0 Å². The number of benzene rings is 1. The molecule has 1 aromatic rings. The van der Waals surface area contributed by atoms with Crippen LogP contribution >= 0.6 is 0 Å². The normalized spacial score (nSPS) is 21.7. The van der Waals surface area contributed by atoms with Gasteiger partial charge in [-0.2, -0.15) is 5.26 Å². The summed E-state index contributed by atoms with van der Waals surface area (Å²) in [6.45, 7) is 5.45. The Hall–Kier alpha value is -1.69. The van der Waals surface area contributed by atoms with Gasteiger partial charge in [0.1, 0.15) is 5.75 Å². The zero-order chi connectivity index (χ0) is 13.2. The molecule has 0 saturated carbocycles. The lowest BCUT2D eigenvalue weighted by Crippen LogP contribution is -2.42. The van der Waals surface area contributed by atoms with E-state index in [0.717, 1.165) is 18.7 Å². The molecule has 18 heavy (non-hydrogen) atoms. The fourth-order valence-corrected chi connectivity index (χ4v) is 2.85. The summed E-state index contributed by atoms with van der Waals surface area (Å²) in [4.78, 5) is 2.39. The number of ether oxygens (including phenoxy) is 1. The zero-order valence-electron chi connectivity index (χ0n) is 11.3. The van der Waals surface area contributed by atoms with E-state index in [-0.39, 0.29) is 5.54 Å². The highest BCUT2D eigenvalue weighted by atomic mass is 16.5. The first kappa shape index (κ1) is 12.8. The molecule has 0 radical (unpaired) electrons. The van der Waals surface area contributed by atoms with Crippen molar-refractivity contribution in [2.45, 2.75) is 32.2 Å². The fourth-order valence-electron chi connectivity index (χ4n) is 2.85. The van der Waals surface area contributed by atoms with Gasteiger partial charge in [0.2, 0.25) is 0 Å². The van der Waals surface area contributed by atoms with E-state index in [0.29, 0.717) is 12.3 Å². The molecular weight excluding hydrogens is 224 g/mol. The molecule has 1 aliphatic rings. The van der Waals surface area contributed by atoms with Crippen LogP contribution in [0.4, 0.5) is 5.69 Å². The maximum Gasteiger partial charge on any atom is 0.120 e. The molecule has 96 valence electrons. The lowest BCUT2D eigenvalue weighted by atomic mass is 9.86. The van der Waals surface area contributed by atoms with Crippen molar-refractivity contribution in [2.75, 3.05) is 18.6 Å². The Morgan fingerprint density at radius 3 is 2.94 bits per heavy atom. The highest BCUT2D eigenvalue weighted by molar-refractivity contribution is 5.54. The molecule has 0 N–H and O–H groups in total. The van der Waals surface area contributed by atoms with Crippen LogP contribution in [-0.4, -0.2) is 19.2 Å². The van der Waals surface area contributed by atoms with Crippen molar-refractivity contribution >= 4 is 5.69 Å². The van der Waals surface area contributed by atoms with Crippen LogP contribution in [-0.2, 0) is 0 Å². The van der Waals surface area contributed by atoms with Crippen LogP contribution in [0.15, 0.2) is 24.3 Å². The fraction of sp³-hybridized carbons (Fsp3) is 0.533. The van der Waals surface area contributed by atoms with Crippen molar-refractivity contribution < 1.29 is 4.74 Å². The summed E-state index contributed by atoms with van der Waals surface area (Å²) >= 11 is 0. The summed E-state index contributed by atoms with van der Waals surface area (Å²) in [6.07, 6.45) is 1.71. The Kier molecular flexibility index (Phi) is 3.47. The maximum atomic E-state index is 8.91. The molecule has 1 aromatic carbocycles. The molecule has 1 atom stereocenters. The molecule has 1 saturated heterocycles. The maximum absolute atomic E-state index is 8.91. The van der Waals surface area contributed by atoms with E-state index in [1.54, 1.807) is 7.11 Å². The molecule has 0 bridgehead atoms. The Labute approximate surface area is 109 Å². The van der Waals surface area contributed by atoms with Gasteiger partial charge in [-0.25, -0.2) is 0 Å².